The van der Waals surface area contributed by atoms with Crippen molar-refractivity contribution in [3.05, 3.63) is 64.7 Å². The van der Waals surface area contributed by atoms with Crippen LogP contribution in [0.5, 0.6) is 0 Å². The van der Waals surface area contributed by atoms with Crippen LogP contribution in [-0.2, 0) is 16.1 Å². The number of furan rings is 1. The van der Waals surface area contributed by atoms with E-state index in [0.29, 0.717) is 27.6 Å². The molecule has 1 fully saturated rings. The van der Waals surface area contributed by atoms with Crippen LogP contribution in [0.2, 0.25) is 5.02 Å². The summed E-state index contributed by atoms with van der Waals surface area (Å²) in [5.41, 5.74) is 1.59. The largest absolute Gasteiger partial charge is 0.467 e. The Morgan fingerprint density at radius 1 is 1.10 bits per heavy atom. The van der Waals surface area contributed by atoms with Gasteiger partial charge in [0.25, 0.3) is 11.8 Å². The van der Waals surface area contributed by atoms with Crippen LogP contribution in [0.4, 0.5) is 0 Å². The minimum atomic E-state index is -0.302. The first-order chi connectivity index (χ1) is 14.0. The van der Waals surface area contributed by atoms with Gasteiger partial charge in [-0.3, -0.25) is 14.5 Å². The van der Waals surface area contributed by atoms with Crippen molar-refractivity contribution in [3.63, 3.8) is 0 Å². The van der Waals surface area contributed by atoms with Crippen molar-refractivity contribution in [2.45, 2.75) is 25.4 Å². The lowest BCUT2D eigenvalue weighted by Crippen LogP contribution is -2.43. The van der Waals surface area contributed by atoms with Crippen LogP contribution in [0, 0.1) is 0 Å². The van der Waals surface area contributed by atoms with Crippen LogP contribution >= 0.6 is 11.6 Å². The maximum atomic E-state index is 13.4. The summed E-state index contributed by atoms with van der Waals surface area (Å²) in [6, 6.07) is 10.8. The van der Waals surface area contributed by atoms with Gasteiger partial charge in [-0.15, -0.1) is 0 Å². The molecule has 0 atom stereocenters. The predicted octanol–water partition coefficient (Wildman–Crippen LogP) is 3.24. The molecule has 0 N–H and O–H groups in total. The normalized spacial score (nSPS) is 18.8. The van der Waals surface area contributed by atoms with Crippen LogP contribution in [0.3, 0.4) is 0 Å². The maximum absolute atomic E-state index is 13.4. The van der Waals surface area contributed by atoms with E-state index in [1.54, 1.807) is 42.7 Å². The van der Waals surface area contributed by atoms with Crippen molar-refractivity contribution in [1.29, 1.82) is 0 Å². The van der Waals surface area contributed by atoms with Gasteiger partial charge in [0.05, 0.1) is 18.4 Å². The van der Waals surface area contributed by atoms with Gasteiger partial charge in [0.15, 0.2) is 0 Å². The Bertz CT molecular complexity index is 929. The van der Waals surface area contributed by atoms with Gasteiger partial charge in [-0.25, -0.2) is 0 Å². The second-order valence-corrected chi connectivity index (χ2v) is 8.09. The third-order valence-electron chi connectivity index (χ3n) is 5.76. The highest BCUT2D eigenvalue weighted by Gasteiger charge is 2.42. The zero-order valence-corrected chi connectivity index (χ0v) is 17.4. The summed E-state index contributed by atoms with van der Waals surface area (Å²) >= 11 is 6.04. The lowest BCUT2D eigenvalue weighted by Gasteiger charge is -2.36. The highest BCUT2D eigenvalue weighted by Crippen LogP contribution is 2.34. The van der Waals surface area contributed by atoms with Gasteiger partial charge in [0.2, 0.25) is 0 Å². The summed E-state index contributed by atoms with van der Waals surface area (Å²) in [6.07, 6.45) is 3.44. The van der Waals surface area contributed by atoms with Crippen molar-refractivity contribution in [2.24, 2.45) is 0 Å². The van der Waals surface area contributed by atoms with Crippen LogP contribution in [-0.4, -0.2) is 59.7 Å². The number of carbonyl (C=O) groups is 2. The van der Waals surface area contributed by atoms with Crippen LogP contribution < -0.4 is 0 Å². The fourth-order valence-electron chi connectivity index (χ4n) is 4.03. The maximum Gasteiger partial charge on any atom is 0.278 e. The molecule has 0 unspecified atom stereocenters. The first kappa shape index (κ1) is 19.7. The van der Waals surface area contributed by atoms with Crippen molar-refractivity contribution in [2.75, 3.05) is 27.2 Å². The molecule has 0 saturated carbocycles. The van der Waals surface area contributed by atoms with Crippen LogP contribution in [0.1, 0.15) is 24.2 Å². The molecule has 0 bridgehead atoms. The van der Waals surface area contributed by atoms with E-state index in [9.17, 15) is 9.59 Å². The fraction of sp³-hybridized carbons (Fsp3) is 0.364. The van der Waals surface area contributed by atoms with Crippen molar-refractivity contribution in [3.8, 4) is 0 Å². The number of benzene rings is 1. The minimum absolute atomic E-state index is 0.118. The number of amides is 2. The molecular weight excluding hydrogens is 390 g/mol. The van der Waals surface area contributed by atoms with E-state index in [4.69, 9.17) is 16.0 Å². The average Bonchev–Trinajstić information content (AvgIpc) is 3.31. The molecule has 0 spiro atoms. The van der Waals surface area contributed by atoms with Gasteiger partial charge >= 0.3 is 0 Å². The molecule has 0 radical (unpaired) electrons. The van der Waals surface area contributed by atoms with Gasteiger partial charge in [-0.2, -0.15) is 0 Å². The number of likely N-dealkylation sites (N-methyl/N-ethyl adjacent to an activating group) is 1. The molecule has 7 heteroatoms. The molecule has 4 rings (SSSR count). The standard InChI is InChI=1S/C22H24ClN3O3/c1-24-11-9-17(10-12-24)25(2)20-19(15-5-7-16(23)8-6-15)21(27)26(22(20)28)14-18-4-3-13-29-18/h3-8,13,17H,9-12,14H2,1-2H3. The Kier molecular flexibility index (Phi) is 5.48. The molecule has 1 saturated heterocycles. The average molecular weight is 414 g/mol. The first-order valence-electron chi connectivity index (χ1n) is 9.76. The van der Waals surface area contributed by atoms with E-state index in [0.717, 1.165) is 25.9 Å². The van der Waals surface area contributed by atoms with Gasteiger partial charge in [-0.05, 0) is 62.8 Å². The Hall–Kier alpha value is -2.57. The smallest absolute Gasteiger partial charge is 0.278 e. The third-order valence-corrected chi connectivity index (χ3v) is 6.01. The van der Waals surface area contributed by atoms with Crippen molar-refractivity contribution in [1.82, 2.24) is 14.7 Å². The Morgan fingerprint density at radius 3 is 2.41 bits per heavy atom. The van der Waals surface area contributed by atoms with Crippen molar-refractivity contribution < 1.29 is 14.0 Å². The van der Waals surface area contributed by atoms with Gasteiger partial charge in [0, 0.05) is 18.1 Å². The number of carbonyl (C=O) groups excluding carboxylic acids is 2. The fourth-order valence-corrected chi connectivity index (χ4v) is 4.16. The van der Waals surface area contributed by atoms with E-state index in [2.05, 4.69) is 11.9 Å². The quantitative estimate of drug-likeness (QED) is 0.704. The number of likely N-dealkylation sites (tertiary alicyclic amines) is 1. The number of rotatable bonds is 5. The van der Waals surface area contributed by atoms with Crippen molar-refractivity contribution >= 4 is 29.0 Å². The lowest BCUT2D eigenvalue weighted by molar-refractivity contribution is -0.138. The third kappa shape index (κ3) is 3.82. The number of halogens is 1. The summed E-state index contributed by atoms with van der Waals surface area (Å²) in [6.45, 7) is 2.06. The van der Waals surface area contributed by atoms with E-state index in [1.807, 2.05) is 11.9 Å². The molecule has 2 aliphatic rings. The second kappa shape index (κ2) is 8.05. The topological polar surface area (TPSA) is 57.0 Å². The first-order valence-corrected chi connectivity index (χ1v) is 10.1. The monoisotopic (exact) mass is 413 g/mol. The SMILES string of the molecule is CN1CCC(N(C)C2=C(c3ccc(Cl)cc3)C(=O)N(Cc3ccco3)C2=O)CC1. The van der Waals surface area contributed by atoms with Crippen LogP contribution in [0.25, 0.3) is 5.57 Å². The second-order valence-electron chi connectivity index (χ2n) is 7.65. The summed E-state index contributed by atoms with van der Waals surface area (Å²) < 4.78 is 5.37. The predicted molar refractivity (Wildman–Crippen MR) is 111 cm³/mol. The number of imide groups is 1. The van der Waals surface area contributed by atoms with Crippen LogP contribution in [0.15, 0.2) is 52.8 Å². The lowest BCUT2D eigenvalue weighted by atomic mass is 10.0. The molecule has 0 aliphatic carbocycles. The number of hydrogen-bond donors (Lipinski definition) is 0. The number of piperidine rings is 1. The van der Waals surface area contributed by atoms with Gasteiger partial charge in [0.1, 0.15) is 11.5 Å². The zero-order chi connectivity index (χ0) is 20.5. The molecule has 2 aromatic rings. The molecule has 1 aromatic heterocycles. The zero-order valence-electron chi connectivity index (χ0n) is 16.6. The summed E-state index contributed by atoms with van der Waals surface area (Å²) in [4.78, 5) is 32.2. The van der Waals surface area contributed by atoms with E-state index < -0.39 is 0 Å². The van der Waals surface area contributed by atoms with Gasteiger partial charge in [-0.1, -0.05) is 23.7 Å². The van der Waals surface area contributed by atoms with E-state index >= 15 is 0 Å². The minimum Gasteiger partial charge on any atom is -0.467 e. The van der Waals surface area contributed by atoms with E-state index in [1.165, 1.54) is 4.90 Å². The molecule has 152 valence electrons. The molecule has 2 aliphatic heterocycles. The highest BCUT2D eigenvalue weighted by molar-refractivity contribution is 6.35. The molecule has 29 heavy (non-hydrogen) atoms. The molecule has 3 heterocycles. The van der Waals surface area contributed by atoms with Gasteiger partial charge < -0.3 is 14.2 Å². The summed E-state index contributed by atoms with van der Waals surface area (Å²) in [5, 5.41) is 0.587. The highest BCUT2D eigenvalue weighted by atomic mass is 35.5. The summed E-state index contributed by atoms with van der Waals surface area (Å²) in [5.74, 6) is -0.00775. The number of nitrogens with zero attached hydrogens (tertiary/aromatic N) is 3. The number of hydrogen-bond acceptors (Lipinski definition) is 5. The Labute approximate surface area is 175 Å². The molecular formula is C22H24ClN3O3. The molecule has 2 amide bonds. The van der Waals surface area contributed by atoms with E-state index in [-0.39, 0.29) is 24.4 Å². The molecule has 6 nitrogen and oxygen atoms in total. The Morgan fingerprint density at radius 2 is 1.79 bits per heavy atom. The molecule has 1 aromatic carbocycles. The Balaban J connectivity index is 1.71. The summed E-state index contributed by atoms with van der Waals surface area (Å²) in [7, 11) is 4.02.